The predicted octanol–water partition coefficient (Wildman–Crippen LogP) is 5.25. The summed E-state index contributed by atoms with van der Waals surface area (Å²) in [6, 6.07) is 20.8. The van der Waals surface area contributed by atoms with Gasteiger partial charge in [0.15, 0.2) is 11.2 Å². The number of aryl methyl sites for hydroxylation is 1. The van der Waals surface area contributed by atoms with Crippen molar-refractivity contribution in [2.45, 2.75) is 19.8 Å². The maximum atomic E-state index is 13.7. The summed E-state index contributed by atoms with van der Waals surface area (Å²) >= 11 is 3.37. The molecule has 0 N–H and O–H groups in total. The largest absolute Gasteiger partial charge is 0.426 e. The van der Waals surface area contributed by atoms with Crippen molar-refractivity contribution >= 4 is 33.7 Å². The Hall–Kier alpha value is -3.25. The number of Topliss-reactive ketones (excluding diaryl/α,β-unsaturated/α-hetero) is 1. The Morgan fingerprint density at radius 1 is 0.969 bits per heavy atom. The third kappa shape index (κ3) is 2.72. The fourth-order valence-corrected chi connectivity index (χ4v) is 5.17. The van der Waals surface area contributed by atoms with Crippen molar-refractivity contribution in [3.05, 3.63) is 94.0 Å². The third-order valence-electron chi connectivity index (χ3n) is 6.63. The number of carbonyl (C=O) groups is 3. The zero-order valence-electron chi connectivity index (χ0n) is 17.4. The van der Waals surface area contributed by atoms with E-state index >= 15 is 0 Å². The molecule has 3 aromatic carbocycles. The van der Waals surface area contributed by atoms with Gasteiger partial charge in [0.1, 0.15) is 11.5 Å². The lowest BCUT2D eigenvalue weighted by molar-refractivity contribution is -0.156. The molecule has 1 heterocycles. The summed E-state index contributed by atoms with van der Waals surface area (Å²) in [5.74, 6) is -1.84. The summed E-state index contributed by atoms with van der Waals surface area (Å²) in [5, 5.41) is 0. The SMILES string of the molecule is Cc1ccc(OC(=O)C23C(=O)Oc4ccccc4C2C3(C)C(=O)c2ccc(Br)cc2)cc1. The van der Waals surface area contributed by atoms with Gasteiger partial charge in [-0.15, -0.1) is 0 Å². The van der Waals surface area contributed by atoms with Gasteiger partial charge in [-0.3, -0.25) is 14.4 Å². The molecular weight excluding hydrogens is 472 g/mol. The van der Waals surface area contributed by atoms with Crippen LogP contribution in [0.3, 0.4) is 0 Å². The highest BCUT2D eigenvalue weighted by Gasteiger charge is 2.89. The highest BCUT2D eigenvalue weighted by atomic mass is 79.9. The van der Waals surface area contributed by atoms with Crippen LogP contribution in [0.4, 0.5) is 0 Å². The Labute approximate surface area is 193 Å². The van der Waals surface area contributed by atoms with Gasteiger partial charge in [0, 0.05) is 21.5 Å². The second-order valence-electron chi connectivity index (χ2n) is 8.41. The van der Waals surface area contributed by atoms with E-state index in [1.54, 1.807) is 67.6 Å². The van der Waals surface area contributed by atoms with Gasteiger partial charge in [-0.2, -0.15) is 0 Å². The molecule has 3 unspecified atom stereocenters. The smallest absolute Gasteiger partial charge is 0.330 e. The number of esters is 2. The first-order valence-corrected chi connectivity index (χ1v) is 11.0. The molecule has 1 aliphatic carbocycles. The zero-order chi connectivity index (χ0) is 22.7. The number of fused-ring (bicyclic) bond motifs is 3. The Balaban J connectivity index is 1.62. The van der Waals surface area contributed by atoms with Gasteiger partial charge in [-0.25, -0.2) is 0 Å². The normalized spacial score (nSPS) is 25.2. The van der Waals surface area contributed by atoms with Gasteiger partial charge in [0.05, 0.1) is 5.41 Å². The van der Waals surface area contributed by atoms with Crippen LogP contribution in [0.15, 0.2) is 77.3 Å². The molecule has 1 aliphatic heterocycles. The molecule has 0 spiro atoms. The summed E-state index contributed by atoms with van der Waals surface area (Å²) in [5.41, 5.74) is -1.02. The lowest BCUT2D eigenvalue weighted by atomic mass is 9.87. The number of carbonyl (C=O) groups excluding carboxylic acids is 3. The first-order valence-electron chi connectivity index (χ1n) is 10.2. The molecule has 1 fully saturated rings. The van der Waals surface area contributed by atoms with Gasteiger partial charge in [0.25, 0.3) is 0 Å². The summed E-state index contributed by atoms with van der Waals surface area (Å²) < 4.78 is 12.0. The van der Waals surface area contributed by atoms with Crippen LogP contribution in [-0.4, -0.2) is 17.7 Å². The molecular formula is C26H19BrO5. The highest BCUT2D eigenvalue weighted by Crippen LogP contribution is 2.78. The van der Waals surface area contributed by atoms with Gasteiger partial charge >= 0.3 is 11.9 Å². The maximum absolute atomic E-state index is 13.7. The Morgan fingerprint density at radius 3 is 2.31 bits per heavy atom. The van der Waals surface area contributed by atoms with Crippen molar-refractivity contribution in [3.8, 4) is 11.5 Å². The minimum Gasteiger partial charge on any atom is -0.426 e. The van der Waals surface area contributed by atoms with E-state index in [2.05, 4.69) is 15.9 Å². The van der Waals surface area contributed by atoms with E-state index in [1.807, 2.05) is 19.1 Å². The van der Waals surface area contributed by atoms with E-state index in [0.717, 1.165) is 10.0 Å². The number of ether oxygens (including phenoxy) is 2. The molecule has 0 amide bonds. The quantitative estimate of drug-likeness (QED) is 0.216. The van der Waals surface area contributed by atoms with Crippen LogP contribution < -0.4 is 9.47 Å². The van der Waals surface area contributed by atoms with Crippen molar-refractivity contribution in [3.63, 3.8) is 0 Å². The number of hydrogen-bond donors (Lipinski definition) is 0. The Kier molecular flexibility index (Phi) is 4.60. The van der Waals surface area contributed by atoms with Crippen molar-refractivity contribution in [2.24, 2.45) is 10.8 Å². The zero-order valence-corrected chi connectivity index (χ0v) is 19.0. The lowest BCUT2D eigenvalue weighted by Crippen LogP contribution is -2.41. The average molecular weight is 491 g/mol. The molecule has 0 aromatic heterocycles. The number of hydrogen-bond acceptors (Lipinski definition) is 5. The molecule has 32 heavy (non-hydrogen) atoms. The van der Waals surface area contributed by atoms with Crippen molar-refractivity contribution in [1.29, 1.82) is 0 Å². The van der Waals surface area contributed by atoms with E-state index in [0.29, 0.717) is 22.6 Å². The average Bonchev–Trinajstić information content (AvgIpc) is 3.39. The van der Waals surface area contributed by atoms with E-state index in [4.69, 9.17) is 9.47 Å². The molecule has 2 aliphatic rings. The van der Waals surface area contributed by atoms with E-state index in [9.17, 15) is 14.4 Å². The van der Waals surface area contributed by atoms with Gasteiger partial charge in [0.2, 0.25) is 0 Å². The fraction of sp³-hybridized carbons (Fsp3) is 0.192. The van der Waals surface area contributed by atoms with Crippen LogP contribution in [-0.2, 0) is 9.59 Å². The maximum Gasteiger partial charge on any atom is 0.330 e. The minimum absolute atomic E-state index is 0.301. The fourth-order valence-electron chi connectivity index (χ4n) is 4.90. The summed E-state index contributed by atoms with van der Waals surface area (Å²) in [7, 11) is 0. The molecule has 0 radical (unpaired) electrons. The van der Waals surface area contributed by atoms with E-state index in [-0.39, 0.29) is 5.78 Å². The first kappa shape index (κ1) is 20.6. The molecule has 5 nitrogen and oxygen atoms in total. The molecule has 0 bridgehead atoms. The van der Waals surface area contributed by atoms with Gasteiger partial charge in [-0.1, -0.05) is 64.0 Å². The second-order valence-corrected chi connectivity index (χ2v) is 9.32. The van der Waals surface area contributed by atoms with E-state index < -0.39 is 28.7 Å². The molecule has 6 heteroatoms. The van der Waals surface area contributed by atoms with Gasteiger partial charge < -0.3 is 9.47 Å². The number of benzene rings is 3. The molecule has 5 rings (SSSR count). The van der Waals surface area contributed by atoms with E-state index in [1.165, 1.54) is 0 Å². The highest BCUT2D eigenvalue weighted by molar-refractivity contribution is 9.10. The number of halogens is 1. The van der Waals surface area contributed by atoms with Crippen LogP contribution in [0, 0.1) is 17.8 Å². The van der Waals surface area contributed by atoms with Crippen LogP contribution in [0.25, 0.3) is 0 Å². The summed E-state index contributed by atoms with van der Waals surface area (Å²) in [4.78, 5) is 40.6. The second kappa shape index (κ2) is 7.14. The molecule has 160 valence electrons. The third-order valence-corrected chi connectivity index (χ3v) is 7.16. The van der Waals surface area contributed by atoms with Crippen molar-refractivity contribution in [1.82, 2.24) is 0 Å². The van der Waals surface area contributed by atoms with Crippen molar-refractivity contribution < 1.29 is 23.9 Å². The van der Waals surface area contributed by atoms with Crippen LogP contribution >= 0.6 is 15.9 Å². The Bertz CT molecular complexity index is 1260. The summed E-state index contributed by atoms with van der Waals surface area (Å²) in [6.07, 6.45) is 0. The van der Waals surface area contributed by atoms with Crippen LogP contribution in [0.1, 0.15) is 34.3 Å². The monoisotopic (exact) mass is 490 g/mol. The standard InChI is InChI=1S/C26H19BrO5/c1-15-7-13-18(14-8-15)31-23(29)26-21(19-5-3-4-6-20(19)32-24(26)30)25(26,2)22(28)16-9-11-17(27)12-10-16/h3-14,21H,1-2H3. The predicted molar refractivity (Wildman–Crippen MR) is 121 cm³/mol. The summed E-state index contributed by atoms with van der Waals surface area (Å²) in [6.45, 7) is 3.58. The van der Waals surface area contributed by atoms with Crippen LogP contribution in [0.2, 0.25) is 0 Å². The van der Waals surface area contributed by atoms with Crippen molar-refractivity contribution in [2.75, 3.05) is 0 Å². The molecule has 3 atom stereocenters. The molecule has 0 saturated heterocycles. The first-order chi connectivity index (χ1) is 15.3. The van der Waals surface area contributed by atoms with Gasteiger partial charge in [-0.05, 0) is 44.2 Å². The molecule has 1 saturated carbocycles. The number of ketones is 1. The Morgan fingerprint density at radius 2 is 1.62 bits per heavy atom. The topological polar surface area (TPSA) is 69.7 Å². The lowest BCUT2D eigenvalue weighted by Gasteiger charge is -2.22. The number of rotatable bonds is 4. The number of para-hydroxylation sites is 1. The van der Waals surface area contributed by atoms with Crippen LogP contribution in [0.5, 0.6) is 11.5 Å². The minimum atomic E-state index is -1.75. The molecule has 3 aromatic rings.